The maximum absolute atomic E-state index is 12.8. The Hall–Kier alpha value is -1.07. The van der Waals surface area contributed by atoms with Gasteiger partial charge in [-0.05, 0) is 92.3 Å². The molecule has 0 radical (unpaired) electrons. The van der Waals surface area contributed by atoms with Crippen LogP contribution >= 0.6 is 0 Å². The summed E-state index contributed by atoms with van der Waals surface area (Å²) >= 11 is 0. The third-order valence-electron chi connectivity index (χ3n) is 9.99. The molecule has 0 saturated heterocycles. The second kappa shape index (κ2) is 8.06. The summed E-state index contributed by atoms with van der Waals surface area (Å²) in [4.78, 5) is 24.2. The normalized spacial score (nSPS) is 44.7. The molecule has 0 N–H and O–H groups in total. The summed E-state index contributed by atoms with van der Waals surface area (Å²) in [5.74, 6) is 1.66. The van der Waals surface area contributed by atoms with Crippen LogP contribution in [0.1, 0.15) is 91.4 Å². The quantitative estimate of drug-likeness (QED) is 0.468. The molecule has 4 fully saturated rings. The smallest absolute Gasteiger partial charge is 0.389 e. The van der Waals surface area contributed by atoms with E-state index in [1.165, 1.54) is 6.92 Å². The minimum Gasteiger partial charge on any atom is -0.463 e. The molecular weight excluding hydrogens is 405 g/mol. The monoisotopic (exact) mass is 442 g/mol. The third-order valence-corrected chi connectivity index (χ3v) is 9.99. The van der Waals surface area contributed by atoms with E-state index in [9.17, 15) is 22.8 Å². The highest BCUT2D eigenvalue weighted by atomic mass is 19.4. The van der Waals surface area contributed by atoms with Crippen molar-refractivity contribution in [3.8, 4) is 0 Å². The first kappa shape index (κ1) is 23.1. The number of alkyl halides is 3. The van der Waals surface area contributed by atoms with Crippen LogP contribution in [0.2, 0.25) is 0 Å². The molecular formula is C25H37F3O3. The van der Waals surface area contributed by atoms with Gasteiger partial charge in [-0.2, -0.15) is 13.2 Å². The Balaban J connectivity index is 1.46. The van der Waals surface area contributed by atoms with Crippen LogP contribution in [0.15, 0.2) is 0 Å². The largest absolute Gasteiger partial charge is 0.463 e. The Kier molecular flexibility index (Phi) is 6.00. The van der Waals surface area contributed by atoms with Crippen LogP contribution in [0.25, 0.3) is 0 Å². The second-order valence-electron chi connectivity index (χ2n) is 11.4. The zero-order valence-electron chi connectivity index (χ0n) is 19.1. The standard InChI is InChI=1S/C25H37F3O3/c1-15(29)31-17-8-11-23(2)16(14-17)4-5-18-19-6-7-21(22(30)10-13-25(26,27)28)24(19,3)12-9-20(18)23/h16-21H,4-14H2,1-3H3. The second-order valence-corrected chi connectivity index (χ2v) is 11.4. The third kappa shape index (κ3) is 4.17. The summed E-state index contributed by atoms with van der Waals surface area (Å²) < 4.78 is 43.5. The van der Waals surface area contributed by atoms with Gasteiger partial charge >= 0.3 is 12.1 Å². The molecule has 4 rings (SSSR count). The number of ether oxygens (including phenoxy) is 1. The Morgan fingerprint density at radius 1 is 0.935 bits per heavy atom. The van der Waals surface area contributed by atoms with Crippen LogP contribution in [0, 0.1) is 40.4 Å². The summed E-state index contributed by atoms with van der Waals surface area (Å²) in [5, 5.41) is 0. The Morgan fingerprint density at radius 3 is 2.29 bits per heavy atom. The van der Waals surface area contributed by atoms with Gasteiger partial charge in [-0.15, -0.1) is 0 Å². The Bertz CT molecular complexity index is 719. The van der Waals surface area contributed by atoms with Crippen molar-refractivity contribution in [2.24, 2.45) is 40.4 Å². The zero-order valence-corrected chi connectivity index (χ0v) is 19.1. The fourth-order valence-corrected chi connectivity index (χ4v) is 8.53. The highest BCUT2D eigenvalue weighted by Crippen LogP contribution is 2.67. The number of Topliss-reactive ketones (excluding diaryl/α,β-unsaturated/α-hetero) is 1. The molecule has 0 amide bonds. The minimum absolute atomic E-state index is 0.0445. The molecule has 8 unspecified atom stereocenters. The molecule has 4 aliphatic rings. The van der Waals surface area contributed by atoms with Crippen LogP contribution in [-0.4, -0.2) is 24.0 Å². The van der Waals surface area contributed by atoms with Crippen molar-refractivity contribution in [2.75, 3.05) is 0 Å². The first-order valence-electron chi connectivity index (χ1n) is 12.2. The van der Waals surface area contributed by atoms with E-state index < -0.39 is 12.6 Å². The molecule has 0 heterocycles. The van der Waals surface area contributed by atoms with E-state index in [0.29, 0.717) is 23.7 Å². The van der Waals surface area contributed by atoms with E-state index in [4.69, 9.17) is 4.74 Å². The van der Waals surface area contributed by atoms with Crippen molar-refractivity contribution in [3.05, 3.63) is 0 Å². The number of hydrogen-bond donors (Lipinski definition) is 0. The SMILES string of the molecule is CC(=O)OC1CCC2(C)C(CCC3C2CCC2(C)C(C(=O)CCC(F)(F)F)CCC32)C1. The lowest BCUT2D eigenvalue weighted by molar-refractivity contribution is -0.161. The van der Waals surface area contributed by atoms with Crippen molar-refractivity contribution in [1.29, 1.82) is 0 Å². The van der Waals surface area contributed by atoms with Crippen LogP contribution in [0.4, 0.5) is 13.2 Å². The molecule has 4 aliphatic carbocycles. The highest BCUT2D eigenvalue weighted by molar-refractivity contribution is 5.82. The molecule has 8 atom stereocenters. The summed E-state index contributed by atoms with van der Waals surface area (Å²) in [6.07, 6.45) is 3.45. The van der Waals surface area contributed by atoms with Gasteiger partial charge in [-0.1, -0.05) is 13.8 Å². The maximum Gasteiger partial charge on any atom is 0.389 e. The van der Waals surface area contributed by atoms with Gasteiger partial charge < -0.3 is 4.74 Å². The highest BCUT2D eigenvalue weighted by Gasteiger charge is 2.61. The van der Waals surface area contributed by atoms with Gasteiger partial charge in [0.25, 0.3) is 0 Å². The molecule has 0 aromatic rings. The molecule has 0 aliphatic heterocycles. The van der Waals surface area contributed by atoms with Gasteiger partial charge in [0.2, 0.25) is 0 Å². The number of ketones is 1. The predicted octanol–water partition coefficient (Wildman–Crippen LogP) is 6.49. The van der Waals surface area contributed by atoms with Gasteiger partial charge in [0, 0.05) is 19.3 Å². The van der Waals surface area contributed by atoms with E-state index in [2.05, 4.69) is 13.8 Å². The van der Waals surface area contributed by atoms with Gasteiger partial charge in [0.1, 0.15) is 11.9 Å². The Labute approximate surface area is 183 Å². The van der Waals surface area contributed by atoms with Crippen LogP contribution < -0.4 is 0 Å². The molecule has 4 saturated carbocycles. The molecule has 0 spiro atoms. The van der Waals surface area contributed by atoms with E-state index in [0.717, 1.165) is 57.8 Å². The van der Waals surface area contributed by atoms with Crippen LogP contribution in [0.3, 0.4) is 0 Å². The zero-order chi connectivity index (χ0) is 22.6. The lowest BCUT2D eigenvalue weighted by Crippen LogP contribution is -2.54. The van der Waals surface area contributed by atoms with Crippen molar-refractivity contribution in [3.63, 3.8) is 0 Å². The van der Waals surface area contributed by atoms with Gasteiger partial charge in [0.05, 0.1) is 6.42 Å². The topological polar surface area (TPSA) is 43.4 Å². The molecule has 6 heteroatoms. The Morgan fingerprint density at radius 2 is 1.61 bits per heavy atom. The van der Waals surface area contributed by atoms with E-state index >= 15 is 0 Å². The number of hydrogen-bond acceptors (Lipinski definition) is 3. The van der Waals surface area contributed by atoms with Gasteiger partial charge in [-0.25, -0.2) is 0 Å². The first-order chi connectivity index (χ1) is 14.4. The number of rotatable bonds is 4. The van der Waals surface area contributed by atoms with Crippen molar-refractivity contribution >= 4 is 11.8 Å². The lowest BCUT2D eigenvalue weighted by atomic mass is 9.44. The number of carbonyl (C=O) groups excluding carboxylic acids is 2. The van der Waals surface area contributed by atoms with Crippen molar-refractivity contribution < 1.29 is 27.5 Å². The number of carbonyl (C=O) groups is 2. The fraction of sp³-hybridized carbons (Fsp3) is 0.920. The van der Waals surface area contributed by atoms with E-state index in [-0.39, 0.29) is 41.0 Å². The van der Waals surface area contributed by atoms with Gasteiger partial charge in [0.15, 0.2) is 0 Å². The number of fused-ring (bicyclic) bond motifs is 5. The van der Waals surface area contributed by atoms with Crippen molar-refractivity contribution in [1.82, 2.24) is 0 Å². The van der Waals surface area contributed by atoms with Gasteiger partial charge in [-0.3, -0.25) is 9.59 Å². The fourth-order valence-electron chi connectivity index (χ4n) is 8.53. The number of esters is 1. The average molecular weight is 443 g/mol. The summed E-state index contributed by atoms with van der Waals surface area (Å²) in [6, 6.07) is 0. The molecule has 0 aromatic heterocycles. The first-order valence-corrected chi connectivity index (χ1v) is 12.2. The number of halogens is 3. The van der Waals surface area contributed by atoms with Crippen molar-refractivity contribution in [2.45, 2.75) is 104 Å². The summed E-state index contributed by atoms with van der Waals surface area (Å²) in [6.45, 7) is 6.12. The average Bonchev–Trinajstić information content (AvgIpc) is 3.03. The molecule has 31 heavy (non-hydrogen) atoms. The maximum atomic E-state index is 12.8. The minimum atomic E-state index is -4.26. The summed E-state index contributed by atoms with van der Waals surface area (Å²) in [5.41, 5.74) is 0.112. The molecule has 176 valence electrons. The summed E-state index contributed by atoms with van der Waals surface area (Å²) in [7, 11) is 0. The predicted molar refractivity (Wildman–Crippen MR) is 111 cm³/mol. The lowest BCUT2D eigenvalue weighted by Gasteiger charge is -2.61. The van der Waals surface area contributed by atoms with E-state index in [1.807, 2.05) is 0 Å². The molecule has 3 nitrogen and oxygen atoms in total. The van der Waals surface area contributed by atoms with Crippen LogP contribution in [-0.2, 0) is 14.3 Å². The molecule has 0 bridgehead atoms. The van der Waals surface area contributed by atoms with E-state index in [1.54, 1.807) is 0 Å². The van der Waals surface area contributed by atoms with Crippen LogP contribution in [0.5, 0.6) is 0 Å². The molecule has 0 aromatic carbocycles.